The van der Waals surface area contributed by atoms with E-state index < -0.39 is 29.6 Å². The largest absolute Gasteiger partial charge is 0.448 e. The molecule has 0 aliphatic heterocycles. The molecule has 2 rings (SSSR count). The molecule has 0 radical (unpaired) electrons. The molecule has 4 nitrogen and oxygen atoms in total. The molecular formula is C15H13F2NO3S. The van der Waals surface area contributed by atoms with Gasteiger partial charge in [0.15, 0.2) is 6.10 Å². The summed E-state index contributed by atoms with van der Waals surface area (Å²) in [5.41, 5.74) is -0.306. The van der Waals surface area contributed by atoms with Crippen molar-refractivity contribution in [1.82, 2.24) is 0 Å². The van der Waals surface area contributed by atoms with Crippen molar-refractivity contribution >= 4 is 28.9 Å². The van der Waals surface area contributed by atoms with Crippen LogP contribution in [0.15, 0.2) is 30.3 Å². The van der Waals surface area contributed by atoms with Gasteiger partial charge in [0.1, 0.15) is 16.5 Å². The summed E-state index contributed by atoms with van der Waals surface area (Å²) < 4.78 is 31.5. The molecule has 1 aromatic heterocycles. The summed E-state index contributed by atoms with van der Waals surface area (Å²) in [5, 5.41) is 2.19. The second-order valence-corrected chi connectivity index (χ2v) is 5.86. The number of amides is 1. The number of ether oxygens (including phenoxy) is 1. The number of hydrogen-bond donors (Lipinski definition) is 1. The maximum absolute atomic E-state index is 13.4. The van der Waals surface area contributed by atoms with E-state index in [1.807, 2.05) is 6.92 Å². The first-order valence-corrected chi connectivity index (χ1v) is 7.22. The Hall–Kier alpha value is -2.28. The zero-order chi connectivity index (χ0) is 16.3. The topological polar surface area (TPSA) is 55.4 Å². The first-order valence-electron chi connectivity index (χ1n) is 6.40. The summed E-state index contributed by atoms with van der Waals surface area (Å²) >= 11 is 1.24. The van der Waals surface area contributed by atoms with Gasteiger partial charge in [-0.25, -0.2) is 13.6 Å². The summed E-state index contributed by atoms with van der Waals surface area (Å²) in [6.07, 6.45) is -1.14. The Morgan fingerprint density at radius 3 is 2.59 bits per heavy atom. The Bertz CT molecular complexity index is 715. The predicted octanol–water partition coefficient (Wildman–Crippen LogP) is 3.52. The van der Waals surface area contributed by atoms with Gasteiger partial charge in [-0.1, -0.05) is 0 Å². The van der Waals surface area contributed by atoms with Gasteiger partial charge in [-0.05, 0) is 38.1 Å². The molecule has 2 aromatic rings. The highest BCUT2D eigenvalue weighted by Crippen LogP contribution is 2.18. The third-order valence-corrected chi connectivity index (χ3v) is 3.76. The molecule has 1 atom stereocenters. The van der Waals surface area contributed by atoms with Crippen LogP contribution in [-0.2, 0) is 9.53 Å². The molecule has 116 valence electrons. The van der Waals surface area contributed by atoms with E-state index in [0.717, 1.165) is 23.1 Å². The highest BCUT2D eigenvalue weighted by atomic mass is 32.1. The van der Waals surface area contributed by atoms with Crippen LogP contribution in [0, 0.1) is 18.6 Å². The highest BCUT2D eigenvalue weighted by molar-refractivity contribution is 7.13. The Labute approximate surface area is 129 Å². The number of carbonyl (C=O) groups excluding carboxylic acids is 2. The number of hydrogen-bond acceptors (Lipinski definition) is 4. The lowest BCUT2D eigenvalue weighted by Gasteiger charge is -2.13. The van der Waals surface area contributed by atoms with Crippen molar-refractivity contribution in [3.63, 3.8) is 0 Å². The van der Waals surface area contributed by atoms with Crippen molar-refractivity contribution in [2.75, 3.05) is 5.32 Å². The quantitative estimate of drug-likeness (QED) is 0.875. The molecule has 0 spiro atoms. The smallest absolute Gasteiger partial charge is 0.349 e. The van der Waals surface area contributed by atoms with Gasteiger partial charge in [0, 0.05) is 10.9 Å². The zero-order valence-corrected chi connectivity index (χ0v) is 12.7. The maximum Gasteiger partial charge on any atom is 0.349 e. The second-order valence-electron chi connectivity index (χ2n) is 4.57. The molecule has 0 saturated carbocycles. The number of carbonyl (C=O) groups is 2. The molecule has 1 N–H and O–H groups in total. The maximum atomic E-state index is 13.4. The molecule has 1 aromatic carbocycles. The van der Waals surface area contributed by atoms with Crippen LogP contribution < -0.4 is 5.32 Å². The molecule has 0 aliphatic rings. The molecule has 0 saturated heterocycles. The van der Waals surface area contributed by atoms with Gasteiger partial charge in [0.25, 0.3) is 5.91 Å². The van der Waals surface area contributed by atoms with E-state index in [2.05, 4.69) is 5.32 Å². The summed E-state index contributed by atoms with van der Waals surface area (Å²) in [6.45, 7) is 3.19. The van der Waals surface area contributed by atoms with Crippen LogP contribution in [0.4, 0.5) is 14.5 Å². The number of benzene rings is 1. The third-order valence-electron chi connectivity index (χ3n) is 2.78. The summed E-state index contributed by atoms with van der Waals surface area (Å²) in [5.74, 6) is -2.84. The van der Waals surface area contributed by atoms with Crippen molar-refractivity contribution < 1.29 is 23.1 Å². The number of aryl methyl sites for hydroxylation is 1. The molecule has 7 heteroatoms. The monoisotopic (exact) mass is 325 g/mol. The van der Waals surface area contributed by atoms with E-state index in [4.69, 9.17) is 4.74 Å². The SMILES string of the molecule is Cc1ccc(C(=O)OC(C)C(=O)Nc2cc(F)ccc2F)s1. The van der Waals surface area contributed by atoms with E-state index >= 15 is 0 Å². The molecule has 1 unspecified atom stereocenters. The number of anilines is 1. The van der Waals surface area contributed by atoms with Crippen molar-refractivity contribution in [3.05, 3.63) is 51.7 Å². The third kappa shape index (κ3) is 3.88. The fourth-order valence-electron chi connectivity index (χ4n) is 1.64. The molecular weight excluding hydrogens is 312 g/mol. The highest BCUT2D eigenvalue weighted by Gasteiger charge is 2.21. The van der Waals surface area contributed by atoms with Crippen molar-refractivity contribution in [2.24, 2.45) is 0 Å². The number of nitrogens with one attached hydrogen (secondary N) is 1. The van der Waals surface area contributed by atoms with Gasteiger partial charge in [-0.3, -0.25) is 4.79 Å². The van der Waals surface area contributed by atoms with Crippen molar-refractivity contribution in [2.45, 2.75) is 20.0 Å². The average Bonchev–Trinajstić information content (AvgIpc) is 2.89. The minimum Gasteiger partial charge on any atom is -0.448 e. The van der Waals surface area contributed by atoms with Gasteiger partial charge in [-0.15, -0.1) is 11.3 Å². The number of esters is 1. The van der Waals surface area contributed by atoms with Crippen molar-refractivity contribution in [1.29, 1.82) is 0 Å². The van der Waals surface area contributed by atoms with E-state index in [1.165, 1.54) is 18.3 Å². The Kier molecular flexibility index (Phi) is 4.87. The van der Waals surface area contributed by atoms with Gasteiger partial charge < -0.3 is 10.1 Å². The van der Waals surface area contributed by atoms with Crippen LogP contribution in [0.1, 0.15) is 21.5 Å². The second kappa shape index (κ2) is 6.65. The van der Waals surface area contributed by atoms with Crippen molar-refractivity contribution in [3.8, 4) is 0 Å². The summed E-state index contributed by atoms with van der Waals surface area (Å²) in [6, 6.07) is 6.04. The van der Waals surface area contributed by atoms with Gasteiger partial charge >= 0.3 is 5.97 Å². The van der Waals surface area contributed by atoms with E-state index in [9.17, 15) is 18.4 Å². The summed E-state index contributed by atoms with van der Waals surface area (Å²) in [7, 11) is 0. The molecule has 1 heterocycles. The van der Waals surface area contributed by atoms with Crippen LogP contribution in [0.3, 0.4) is 0 Å². The molecule has 22 heavy (non-hydrogen) atoms. The van der Waals surface area contributed by atoms with Crippen LogP contribution in [-0.4, -0.2) is 18.0 Å². The first-order chi connectivity index (χ1) is 10.4. The van der Waals surface area contributed by atoms with Crippen LogP contribution in [0.25, 0.3) is 0 Å². The standard InChI is InChI=1S/C15H13F2NO3S/c1-8-3-6-13(22-8)15(20)21-9(2)14(19)18-12-7-10(16)4-5-11(12)17/h3-7,9H,1-2H3,(H,18,19). The normalized spacial score (nSPS) is 11.8. The van der Waals surface area contributed by atoms with Crippen LogP contribution in [0.2, 0.25) is 0 Å². The first kappa shape index (κ1) is 16.1. The summed E-state index contributed by atoms with van der Waals surface area (Å²) in [4.78, 5) is 25.0. The van der Waals surface area contributed by atoms with Crippen LogP contribution in [0.5, 0.6) is 0 Å². The lowest BCUT2D eigenvalue weighted by molar-refractivity contribution is -0.123. The van der Waals surface area contributed by atoms with Crippen LogP contribution >= 0.6 is 11.3 Å². The van der Waals surface area contributed by atoms with E-state index in [1.54, 1.807) is 12.1 Å². The number of thiophene rings is 1. The lowest BCUT2D eigenvalue weighted by Crippen LogP contribution is -2.30. The fourth-order valence-corrected chi connectivity index (χ4v) is 2.39. The number of rotatable bonds is 4. The molecule has 0 aliphatic carbocycles. The van der Waals surface area contributed by atoms with E-state index in [-0.39, 0.29) is 5.69 Å². The Morgan fingerprint density at radius 1 is 1.23 bits per heavy atom. The Balaban J connectivity index is 2.00. The molecule has 0 fully saturated rings. The number of halogens is 2. The lowest BCUT2D eigenvalue weighted by atomic mass is 10.2. The van der Waals surface area contributed by atoms with Gasteiger partial charge in [0.2, 0.25) is 0 Å². The zero-order valence-electron chi connectivity index (χ0n) is 11.9. The predicted molar refractivity (Wildman–Crippen MR) is 78.9 cm³/mol. The minimum atomic E-state index is -1.14. The average molecular weight is 325 g/mol. The minimum absolute atomic E-state index is 0.306. The molecule has 1 amide bonds. The molecule has 0 bridgehead atoms. The Morgan fingerprint density at radius 2 is 1.95 bits per heavy atom. The fraction of sp³-hybridized carbons (Fsp3) is 0.200. The van der Waals surface area contributed by atoms with Gasteiger partial charge in [-0.2, -0.15) is 0 Å². The van der Waals surface area contributed by atoms with E-state index in [0.29, 0.717) is 4.88 Å². The van der Waals surface area contributed by atoms with Gasteiger partial charge in [0.05, 0.1) is 5.69 Å².